The molecule has 0 radical (unpaired) electrons. The molecule has 0 bridgehead atoms. The van der Waals surface area contributed by atoms with E-state index in [-0.39, 0.29) is 19.0 Å². The lowest BCUT2D eigenvalue weighted by Crippen LogP contribution is -2.12. The molecule has 1 aromatic carbocycles. The van der Waals surface area contributed by atoms with Crippen LogP contribution in [0.4, 0.5) is 0 Å². The van der Waals surface area contributed by atoms with Gasteiger partial charge in [-0.1, -0.05) is 6.58 Å². The van der Waals surface area contributed by atoms with Gasteiger partial charge in [0.25, 0.3) is 0 Å². The van der Waals surface area contributed by atoms with Crippen molar-refractivity contribution in [1.29, 1.82) is 0 Å². The Hall–Kier alpha value is -1.97. The van der Waals surface area contributed by atoms with Crippen LogP contribution in [-0.2, 0) is 9.53 Å². The second kappa shape index (κ2) is 5.80. The van der Waals surface area contributed by atoms with E-state index < -0.39 is 5.97 Å². The van der Waals surface area contributed by atoms with Gasteiger partial charge in [0.05, 0.1) is 0 Å². The molecule has 0 aliphatic rings. The lowest BCUT2D eigenvalue weighted by Gasteiger charge is -2.07. The fourth-order valence-electron chi connectivity index (χ4n) is 0.959. The fraction of sp³-hybridized carbons (Fsp3) is 0.250. The standard InChI is InChI=1S/C12H14O4/c1-9(2)12(14)16-8-7-15-11-5-3-10(13)4-6-11/h3-6,13H,1,7-8H2,2H3. The first-order chi connectivity index (χ1) is 7.59. The van der Waals surface area contributed by atoms with Crippen LogP contribution in [0.1, 0.15) is 6.92 Å². The van der Waals surface area contributed by atoms with Gasteiger partial charge in [-0.05, 0) is 31.2 Å². The number of hydrogen-bond donors (Lipinski definition) is 1. The van der Waals surface area contributed by atoms with Crippen molar-refractivity contribution in [2.75, 3.05) is 13.2 Å². The maximum atomic E-state index is 11.0. The normalized spacial score (nSPS) is 9.56. The highest BCUT2D eigenvalue weighted by Crippen LogP contribution is 2.15. The van der Waals surface area contributed by atoms with E-state index in [0.717, 1.165) is 0 Å². The molecule has 0 unspecified atom stereocenters. The molecule has 0 saturated heterocycles. The van der Waals surface area contributed by atoms with Crippen LogP contribution in [0.2, 0.25) is 0 Å². The van der Waals surface area contributed by atoms with Crippen molar-refractivity contribution in [3.05, 3.63) is 36.4 Å². The SMILES string of the molecule is C=C(C)C(=O)OCCOc1ccc(O)cc1. The summed E-state index contributed by atoms with van der Waals surface area (Å²) in [6.07, 6.45) is 0. The van der Waals surface area contributed by atoms with Crippen molar-refractivity contribution in [3.63, 3.8) is 0 Å². The minimum Gasteiger partial charge on any atom is -0.508 e. The maximum absolute atomic E-state index is 11.0. The van der Waals surface area contributed by atoms with E-state index in [4.69, 9.17) is 14.6 Å². The molecule has 0 heterocycles. The smallest absolute Gasteiger partial charge is 0.333 e. The molecule has 0 fully saturated rings. The molecule has 0 aromatic heterocycles. The van der Waals surface area contributed by atoms with Crippen molar-refractivity contribution in [2.24, 2.45) is 0 Å². The molecule has 0 saturated carbocycles. The third-order valence-electron chi connectivity index (χ3n) is 1.77. The van der Waals surface area contributed by atoms with Gasteiger partial charge in [0, 0.05) is 5.57 Å². The van der Waals surface area contributed by atoms with Crippen LogP contribution in [0.5, 0.6) is 11.5 Å². The number of phenolic OH excluding ortho intramolecular Hbond substituents is 1. The van der Waals surface area contributed by atoms with Gasteiger partial charge in [-0.2, -0.15) is 0 Å². The number of phenols is 1. The Labute approximate surface area is 94.1 Å². The van der Waals surface area contributed by atoms with Gasteiger partial charge in [0.1, 0.15) is 24.7 Å². The largest absolute Gasteiger partial charge is 0.508 e. The quantitative estimate of drug-likeness (QED) is 0.469. The van der Waals surface area contributed by atoms with Gasteiger partial charge in [0.2, 0.25) is 0 Å². The van der Waals surface area contributed by atoms with Crippen molar-refractivity contribution < 1.29 is 19.4 Å². The first-order valence-electron chi connectivity index (χ1n) is 4.84. The summed E-state index contributed by atoms with van der Waals surface area (Å²) in [6.45, 7) is 5.49. The zero-order valence-corrected chi connectivity index (χ0v) is 9.10. The van der Waals surface area contributed by atoms with Gasteiger partial charge in [-0.3, -0.25) is 0 Å². The monoisotopic (exact) mass is 222 g/mol. The molecule has 16 heavy (non-hydrogen) atoms. The van der Waals surface area contributed by atoms with Crippen LogP contribution in [0.3, 0.4) is 0 Å². The second-order valence-electron chi connectivity index (χ2n) is 3.26. The number of rotatable bonds is 5. The van der Waals surface area contributed by atoms with E-state index in [0.29, 0.717) is 11.3 Å². The van der Waals surface area contributed by atoms with Gasteiger partial charge in [-0.25, -0.2) is 4.79 Å². The maximum Gasteiger partial charge on any atom is 0.333 e. The molecule has 0 aliphatic carbocycles. The molecule has 0 amide bonds. The van der Waals surface area contributed by atoms with Crippen LogP contribution < -0.4 is 4.74 Å². The number of ether oxygens (including phenoxy) is 2. The molecular weight excluding hydrogens is 208 g/mol. The van der Waals surface area contributed by atoms with Crippen LogP contribution in [0.15, 0.2) is 36.4 Å². The van der Waals surface area contributed by atoms with Gasteiger partial charge >= 0.3 is 5.97 Å². The average Bonchev–Trinajstić information content (AvgIpc) is 2.26. The minimum atomic E-state index is -0.422. The van der Waals surface area contributed by atoms with Gasteiger partial charge < -0.3 is 14.6 Å². The zero-order chi connectivity index (χ0) is 12.0. The summed E-state index contributed by atoms with van der Waals surface area (Å²) in [4.78, 5) is 11.0. The number of carbonyl (C=O) groups is 1. The van der Waals surface area contributed by atoms with Crippen molar-refractivity contribution >= 4 is 5.97 Å². The van der Waals surface area contributed by atoms with Crippen LogP contribution in [-0.4, -0.2) is 24.3 Å². The number of benzene rings is 1. The first kappa shape index (κ1) is 12.1. The van der Waals surface area contributed by atoms with E-state index in [1.165, 1.54) is 12.1 Å². The number of hydrogen-bond acceptors (Lipinski definition) is 4. The van der Waals surface area contributed by atoms with Crippen molar-refractivity contribution in [1.82, 2.24) is 0 Å². The zero-order valence-electron chi connectivity index (χ0n) is 9.10. The van der Waals surface area contributed by atoms with Crippen LogP contribution >= 0.6 is 0 Å². The Balaban J connectivity index is 2.23. The number of esters is 1. The molecule has 4 heteroatoms. The van der Waals surface area contributed by atoms with Gasteiger partial charge in [-0.15, -0.1) is 0 Å². The molecule has 1 aromatic rings. The predicted octanol–water partition coefficient (Wildman–Crippen LogP) is 1.89. The molecule has 0 atom stereocenters. The third-order valence-corrected chi connectivity index (χ3v) is 1.77. The average molecular weight is 222 g/mol. The van der Waals surface area contributed by atoms with Crippen molar-refractivity contribution in [3.8, 4) is 11.5 Å². The van der Waals surface area contributed by atoms with E-state index in [1.807, 2.05) is 0 Å². The molecular formula is C12H14O4. The molecule has 1 rings (SSSR count). The topological polar surface area (TPSA) is 55.8 Å². The summed E-state index contributed by atoms with van der Waals surface area (Å²) in [5, 5.41) is 9.03. The Kier molecular flexibility index (Phi) is 4.39. The Morgan fingerprint density at radius 3 is 2.50 bits per heavy atom. The minimum absolute atomic E-state index is 0.173. The third kappa shape index (κ3) is 4.04. The molecule has 1 N–H and O–H groups in total. The van der Waals surface area contributed by atoms with E-state index in [1.54, 1.807) is 19.1 Å². The highest BCUT2D eigenvalue weighted by molar-refractivity contribution is 5.86. The second-order valence-corrected chi connectivity index (χ2v) is 3.26. The first-order valence-corrected chi connectivity index (χ1v) is 4.84. The number of aromatic hydroxyl groups is 1. The summed E-state index contributed by atoms with van der Waals surface area (Å²) < 4.78 is 10.1. The molecule has 4 nitrogen and oxygen atoms in total. The predicted molar refractivity (Wildman–Crippen MR) is 59.4 cm³/mol. The highest BCUT2D eigenvalue weighted by atomic mass is 16.6. The molecule has 0 spiro atoms. The van der Waals surface area contributed by atoms with E-state index >= 15 is 0 Å². The summed E-state index contributed by atoms with van der Waals surface area (Å²) in [5.41, 5.74) is 0.365. The number of carbonyl (C=O) groups excluding carboxylic acids is 1. The van der Waals surface area contributed by atoms with Gasteiger partial charge in [0.15, 0.2) is 0 Å². The summed E-state index contributed by atoms with van der Waals surface area (Å²) in [6, 6.07) is 6.32. The highest BCUT2D eigenvalue weighted by Gasteiger charge is 2.02. The summed E-state index contributed by atoms with van der Waals surface area (Å²) >= 11 is 0. The Morgan fingerprint density at radius 1 is 1.31 bits per heavy atom. The fourth-order valence-corrected chi connectivity index (χ4v) is 0.959. The van der Waals surface area contributed by atoms with E-state index in [2.05, 4.69) is 6.58 Å². The Morgan fingerprint density at radius 2 is 1.94 bits per heavy atom. The summed E-state index contributed by atoms with van der Waals surface area (Å²) in [5.74, 6) is 0.375. The molecule has 86 valence electrons. The van der Waals surface area contributed by atoms with Crippen LogP contribution in [0.25, 0.3) is 0 Å². The van der Waals surface area contributed by atoms with Crippen LogP contribution in [0, 0.1) is 0 Å². The van der Waals surface area contributed by atoms with E-state index in [9.17, 15) is 4.79 Å². The summed E-state index contributed by atoms with van der Waals surface area (Å²) in [7, 11) is 0. The molecule has 0 aliphatic heterocycles. The van der Waals surface area contributed by atoms with Crippen molar-refractivity contribution in [2.45, 2.75) is 6.92 Å². The lowest BCUT2D eigenvalue weighted by atomic mass is 10.3. The Bertz CT molecular complexity index is 367. The lowest BCUT2D eigenvalue weighted by molar-refractivity contribution is -0.139.